The molecular weight excluding hydrogens is 672 g/mol. The number of azide groups is 1. The Balaban J connectivity index is 1.64. The Morgan fingerprint density at radius 1 is 0.863 bits per heavy atom. The number of nitrogens with zero attached hydrogens (tertiary/aromatic N) is 3. The van der Waals surface area contributed by atoms with E-state index in [-0.39, 0.29) is 24.3 Å². The molecule has 1 unspecified atom stereocenters. The summed E-state index contributed by atoms with van der Waals surface area (Å²) in [6, 6.07) is 13.4. The van der Waals surface area contributed by atoms with Gasteiger partial charge in [0.15, 0.2) is 23.3 Å². The predicted molar refractivity (Wildman–Crippen MR) is 181 cm³/mol. The van der Waals surface area contributed by atoms with E-state index in [0.717, 1.165) is 37.7 Å². The van der Waals surface area contributed by atoms with Crippen molar-refractivity contribution in [1.29, 1.82) is 0 Å². The van der Waals surface area contributed by atoms with Gasteiger partial charge < -0.3 is 24.7 Å². The lowest BCUT2D eigenvalue weighted by Crippen LogP contribution is -2.39. The van der Waals surface area contributed by atoms with Crippen LogP contribution in [0.1, 0.15) is 84.6 Å². The van der Waals surface area contributed by atoms with Crippen molar-refractivity contribution in [2.45, 2.75) is 64.1 Å². The minimum Gasteiger partial charge on any atom is -0.493 e. The first-order valence-electron chi connectivity index (χ1n) is 16.6. The van der Waals surface area contributed by atoms with Crippen LogP contribution in [-0.4, -0.2) is 37.5 Å². The molecule has 2 N–H and O–H groups in total. The molecule has 14 heteroatoms. The van der Waals surface area contributed by atoms with Gasteiger partial charge in [-0.15, -0.1) is 0 Å². The Kier molecular flexibility index (Phi) is 14.0. The average molecular weight is 711 g/mol. The van der Waals surface area contributed by atoms with Crippen molar-refractivity contribution in [3.8, 4) is 11.5 Å². The Labute approximate surface area is 292 Å². The molecule has 4 rings (SSSR count). The van der Waals surface area contributed by atoms with E-state index in [0.29, 0.717) is 30.9 Å². The van der Waals surface area contributed by atoms with Gasteiger partial charge in [-0.3, -0.25) is 0 Å². The number of hydrogen-bond acceptors (Lipinski definition) is 8. The number of hydrogen-bond donors (Lipinski definition) is 1. The highest BCUT2D eigenvalue weighted by Gasteiger charge is 2.41. The second kappa shape index (κ2) is 18.6. The summed E-state index contributed by atoms with van der Waals surface area (Å²) in [5.74, 6) is -13.4. The molecule has 0 spiro atoms. The number of ether oxygens (including phenoxy) is 4. The van der Waals surface area contributed by atoms with E-state index in [2.05, 4.69) is 16.9 Å². The zero-order chi connectivity index (χ0) is 36.8. The molecule has 0 heterocycles. The lowest BCUT2D eigenvalue weighted by molar-refractivity contribution is -0.134. The maximum absolute atomic E-state index is 14.9. The lowest BCUT2D eigenvalue weighted by Gasteiger charge is -2.32. The molecule has 1 aliphatic rings. The monoisotopic (exact) mass is 710 g/mol. The molecule has 1 aliphatic carbocycles. The topological polar surface area (TPSA) is 146 Å². The number of unbranched alkanes of at least 4 members (excludes halogenated alkanes) is 5. The Morgan fingerprint density at radius 3 is 2.18 bits per heavy atom. The van der Waals surface area contributed by atoms with Crippen LogP contribution in [0.3, 0.4) is 0 Å². The molecule has 0 radical (unpaired) electrons. The quantitative estimate of drug-likeness (QED) is 0.0202. The maximum Gasteiger partial charge on any atom is 0.347 e. The van der Waals surface area contributed by atoms with Crippen LogP contribution < -0.4 is 15.2 Å². The first-order valence-corrected chi connectivity index (χ1v) is 16.6. The van der Waals surface area contributed by atoms with Gasteiger partial charge in [0.2, 0.25) is 0 Å². The average Bonchev–Trinajstić information content (AvgIpc) is 3.13. The fraction of sp³-hybridized carbons (Fsp3) is 0.351. The van der Waals surface area contributed by atoms with Crippen molar-refractivity contribution >= 4 is 23.2 Å². The third kappa shape index (κ3) is 9.89. The summed E-state index contributed by atoms with van der Waals surface area (Å²) < 4.78 is 81.8. The first kappa shape index (κ1) is 38.5. The van der Waals surface area contributed by atoms with Gasteiger partial charge in [0.05, 0.1) is 13.2 Å². The molecular formula is C37H38F4N4O6. The number of rotatable bonds is 18. The Bertz CT molecular complexity index is 1790. The van der Waals surface area contributed by atoms with Crippen molar-refractivity contribution in [1.82, 2.24) is 0 Å². The van der Waals surface area contributed by atoms with Crippen molar-refractivity contribution in [2.24, 2.45) is 10.8 Å². The van der Waals surface area contributed by atoms with Crippen molar-refractivity contribution < 1.29 is 46.1 Å². The van der Waals surface area contributed by atoms with Crippen molar-refractivity contribution in [2.75, 3.05) is 19.8 Å². The van der Waals surface area contributed by atoms with Gasteiger partial charge in [0.25, 0.3) is 5.79 Å². The number of carbonyl (C=O) groups excluding carboxylic acids is 2. The molecule has 0 saturated carbocycles. The van der Waals surface area contributed by atoms with E-state index in [1.807, 2.05) is 0 Å². The van der Waals surface area contributed by atoms with Crippen molar-refractivity contribution in [3.05, 3.63) is 117 Å². The fourth-order valence-corrected chi connectivity index (χ4v) is 5.19. The van der Waals surface area contributed by atoms with Crippen LogP contribution in [0, 0.1) is 23.3 Å². The highest BCUT2D eigenvalue weighted by molar-refractivity contribution is 5.94. The highest BCUT2D eigenvalue weighted by atomic mass is 19.2. The molecule has 0 aromatic heterocycles. The number of halogens is 4. The second-order valence-corrected chi connectivity index (χ2v) is 11.6. The molecule has 0 saturated heterocycles. The van der Waals surface area contributed by atoms with Crippen LogP contribution in [0.25, 0.3) is 16.0 Å². The van der Waals surface area contributed by atoms with Gasteiger partial charge >= 0.3 is 11.9 Å². The lowest BCUT2D eigenvalue weighted by atomic mass is 9.96. The molecule has 0 bridgehead atoms. The summed E-state index contributed by atoms with van der Waals surface area (Å²) in [4.78, 5) is 29.2. The van der Waals surface area contributed by atoms with Crippen LogP contribution >= 0.6 is 0 Å². The van der Waals surface area contributed by atoms with Gasteiger partial charge in [-0.25, -0.2) is 27.2 Å². The van der Waals surface area contributed by atoms with E-state index in [4.69, 9.17) is 30.2 Å². The Morgan fingerprint density at radius 2 is 1.53 bits per heavy atom. The number of nitrogens with two attached hydrogens (primary N) is 1. The summed E-state index contributed by atoms with van der Waals surface area (Å²) in [7, 11) is 0. The molecule has 0 aliphatic heterocycles. The molecule has 10 nitrogen and oxygen atoms in total. The summed E-state index contributed by atoms with van der Waals surface area (Å²) in [6.45, 7) is 3.04. The zero-order valence-electron chi connectivity index (χ0n) is 28.0. The number of carbonyl (C=O) groups is 2. The Hall–Kier alpha value is -5.33. The standard InChI is InChI=1S/C37H38F4N4O6/c1-2-3-4-5-6-10-21-48-26-14-15-27(28(23-26)49-22-11-20-42)35(46)50-37(18-16-25(17-19-37)24-12-8-7-9-13-24)51-36(47)29-30(38)32(40)34(44-45-43)33(41)31(29)39/h7-9,12-18,23H,2-6,10-11,19-22,42H2,1H3. The smallest absolute Gasteiger partial charge is 0.347 e. The normalized spacial score (nSPS) is 15.1. The predicted octanol–water partition coefficient (Wildman–Crippen LogP) is 9.41. The van der Waals surface area contributed by atoms with Gasteiger partial charge in [-0.1, -0.05) is 86.6 Å². The van der Waals surface area contributed by atoms with E-state index in [9.17, 15) is 27.2 Å². The number of benzene rings is 3. The molecule has 51 heavy (non-hydrogen) atoms. The molecule has 270 valence electrons. The minimum atomic E-state index is -2.34. The second-order valence-electron chi connectivity index (χ2n) is 11.6. The fourth-order valence-electron chi connectivity index (χ4n) is 5.19. The van der Waals surface area contributed by atoms with Gasteiger partial charge in [-0.2, -0.15) is 0 Å². The van der Waals surface area contributed by atoms with Crippen LogP contribution in [0.2, 0.25) is 0 Å². The zero-order valence-corrected chi connectivity index (χ0v) is 28.0. The van der Waals surface area contributed by atoms with Gasteiger partial charge in [-0.05, 0) is 48.2 Å². The van der Waals surface area contributed by atoms with Crippen LogP contribution in [0.4, 0.5) is 23.2 Å². The summed E-state index contributed by atoms with van der Waals surface area (Å²) in [6.07, 6.45) is 10.7. The highest BCUT2D eigenvalue weighted by Crippen LogP contribution is 2.36. The summed E-state index contributed by atoms with van der Waals surface area (Å²) in [5.41, 5.74) is 12.1. The number of esters is 2. The minimum absolute atomic E-state index is 0.0746. The maximum atomic E-state index is 14.9. The molecule has 1 atom stereocenters. The molecule has 3 aromatic rings. The molecule has 0 amide bonds. The number of allylic oxidation sites excluding steroid dienone is 2. The summed E-state index contributed by atoms with van der Waals surface area (Å²) >= 11 is 0. The first-order chi connectivity index (χ1) is 24.6. The third-order valence-electron chi connectivity index (χ3n) is 7.90. The molecule has 3 aromatic carbocycles. The van der Waals surface area contributed by atoms with Crippen LogP contribution in [0.5, 0.6) is 11.5 Å². The van der Waals surface area contributed by atoms with E-state index < -0.39 is 52.2 Å². The van der Waals surface area contributed by atoms with Crippen LogP contribution in [-0.2, 0) is 9.47 Å². The molecule has 0 fully saturated rings. The largest absolute Gasteiger partial charge is 0.493 e. The van der Waals surface area contributed by atoms with Gasteiger partial charge in [0, 0.05) is 23.5 Å². The van der Waals surface area contributed by atoms with E-state index >= 15 is 0 Å². The van der Waals surface area contributed by atoms with Crippen molar-refractivity contribution in [3.63, 3.8) is 0 Å². The third-order valence-corrected chi connectivity index (χ3v) is 7.90. The van der Waals surface area contributed by atoms with E-state index in [1.54, 1.807) is 36.4 Å². The van der Waals surface area contributed by atoms with Crippen LogP contribution in [0.15, 0.2) is 71.9 Å². The van der Waals surface area contributed by atoms with E-state index in [1.165, 1.54) is 36.8 Å². The summed E-state index contributed by atoms with van der Waals surface area (Å²) in [5, 5.41) is 2.62. The SMILES string of the molecule is CCCCCCCCOc1ccc(C(=O)OC2(OC(=O)c3c(F)c(F)c(N=[N+]=[N-])c(F)c3F)C=CC(c3ccccc3)=CC2)c(OCCCN)c1. The van der Waals surface area contributed by atoms with Gasteiger partial charge in [0.1, 0.15) is 28.3 Å².